The average molecular weight is 192 g/mol. The molecule has 0 aliphatic rings. The van der Waals surface area contributed by atoms with Crippen LogP contribution in [0.25, 0.3) is 0 Å². The largest absolute Gasteiger partial charge is 0.508 e. The van der Waals surface area contributed by atoms with E-state index in [9.17, 15) is 4.79 Å². The molecule has 0 spiro atoms. The molecule has 0 aliphatic carbocycles. The van der Waals surface area contributed by atoms with Crippen molar-refractivity contribution in [1.29, 1.82) is 0 Å². The van der Waals surface area contributed by atoms with Gasteiger partial charge < -0.3 is 18.9 Å². The summed E-state index contributed by atoms with van der Waals surface area (Å²) in [5.41, 5.74) is 0. The highest BCUT2D eigenvalue weighted by Crippen LogP contribution is 1.86. The van der Waals surface area contributed by atoms with Crippen LogP contribution in [0.5, 0.6) is 0 Å². The highest BCUT2D eigenvalue weighted by Gasteiger charge is 2.01. The molecule has 0 rings (SSSR count). The Morgan fingerprint density at radius 1 is 1.08 bits per heavy atom. The van der Waals surface area contributed by atoms with E-state index in [4.69, 9.17) is 4.74 Å². The number of rotatable bonds is 7. The van der Waals surface area contributed by atoms with E-state index in [-0.39, 0.29) is 13.2 Å². The highest BCUT2D eigenvalue weighted by molar-refractivity contribution is 5.59. The Bertz CT molecular complexity index is 126. The quantitative estimate of drug-likeness (QED) is 0.441. The molecule has 0 aromatic carbocycles. The molecule has 5 heteroatoms. The maximum absolute atomic E-state index is 10.7. The summed E-state index contributed by atoms with van der Waals surface area (Å²) in [6.45, 7) is 3.69. The van der Waals surface area contributed by atoms with E-state index in [1.165, 1.54) is 7.11 Å². The molecule has 0 fully saturated rings. The molecule has 0 aliphatic heterocycles. The third kappa shape index (κ3) is 9.10. The summed E-state index contributed by atoms with van der Waals surface area (Å²) in [7, 11) is 1.53. The molecular formula is C8H16O5. The van der Waals surface area contributed by atoms with Gasteiger partial charge in [0.15, 0.2) is 0 Å². The third-order valence-electron chi connectivity index (χ3n) is 1.16. The smallest absolute Gasteiger partial charge is 0.432 e. The first-order valence-electron chi connectivity index (χ1n) is 4.17. The van der Waals surface area contributed by atoms with Crippen LogP contribution in [-0.4, -0.2) is 46.3 Å². The van der Waals surface area contributed by atoms with Crippen molar-refractivity contribution in [3.8, 4) is 0 Å². The SMILES string of the molecule is CCOCCOC(=O)OCCOC. The molecule has 0 heterocycles. The molecule has 5 nitrogen and oxygen atoms in total. The van der Waals surface area contributed by atoms with Crippen LogP contribution in [0.2, 0.25) is 0 Å². The third-order valence-corrected chi connectivity index (χ3v) is 1.16. The number of hydrogen-bond acceptors (Lipinski definition) is 5. The van der Waals surface area contributed by atoms with Crippen LogP contribution in [0.4, 0.5) is 4.79 Å². The number of hydrogen-bond donors (Lipinski definition) is 0. The van der Waals surface area contributed by atoms with Crippen molar-refractivity contribution in [3.05, 3.63) is 0 Å². The van der Waals surface area contributed by atoms with Crippen molar-refractivity contribution in [2.24, 2.45) is 0 Å². The Kier molecular flexibility index (Phi) is 8.70. The van der Waals surface area contributed by atoms with Gasteiger partial charge in [-0.3, -0.25) is 0 Å². The summed E-state index contributed by atoms with van der Waals surface area (Å²) in [4.78, 5) is 10.7. The molecule has 0 N–H and O–H groups in total. The lowest BCUT2D eigenvalue weighted by Crippen LogP contribution is -2.14. The van der Waals surface area contributed by atoms with Crippen molar-refractivity contribution in [1.82, 2.24) is 0 Å². The second-order valence-corrected chi connectivity index (χ2v) is 2.14. The Hall–Kier alpha value is -0.810. The van der Waals surface area contributed by atoms with Gasteiger partial charge in [0.2, 0.25) is 0 Å². The predicted molar refractivity (Wildman–Crippen MR) is 45.7 cm³/mol. The van der Waals surface area contributed by atoms with E-state index in [0.717, 1.165) is 0 Å². The minimum absolute atomic E-state index is 0.212. The zero-order chi connectivity index (χ0) is 9.94. The molecule has 0 saturated heterocycles. The molecule has 0 amide bonds. The van der Waals surface area contributed by atoms with Gasteiger partial charge >= 0.3 is 6.16 Å². The van der Waals surface area contributed by atoms with Crippen molar-refractivity contribution in [2.75, 3.05) is 40.1 Å². The van der Waals surface area contributed by atoms with Crippen molar-refractivity contribution < 1.29 is 23.7 Å². The van der Waals surface area contributed by atoms with Gasteiger partial charge in [-0.15, -0.1) is 0 Å². The molecule has 0 bridgehead atoms. The molecule has 13 heavy (non-hydrogen) atoms. The topological polar surface area (TPSA) is 54.0 Å². The van der Waals surface area contributed by atoms with Crippen molar-refractivity contribution in [2.45, 2.75) is 6.92 Å². The van der Waals surface area contributed by atoms with Crippen LogP contribution >= 0.6 is 0 Å². The lowest BCUT2D eigenvalue weighted by Gasteiger charge is -2.05. The predicted octanol–water partition coefficient (Wildman–Crippen LogP) is 0.823. The minimum atomic E-state index is -0.684. The summed E-state index contributed by atoms with van der Waals surface area (Å²) in [5, 5.41) is 0. The van der Waals surface area contributed by atoms with Crippen LogP contribution < -0.4 is 0 Å². The second kappa shape index (κ2) is 9.28. The van der Waals surface area contributed by atoms with E-state index in [0.29, 0.717) is 19.8 Å². The van der Waals surface area contributed by atoms with E-state index in [1.807, 2.05) is 6.92 Å². The highest BCUT2D eigenvalue weighted by atomic mass is 16.7. The zero-order valence-corrected chi connectivity index (χ0v) is 8.08. The van der Waals surface area contributed by atoms with E-state index in [2.05, 4.69) is 14.2 Å². The van der Waals surface area contributed by atoms with Gasteiger partial charge in [0.05, 0.1) is 13.2 Å². The van der Waals surface area contributed by atoms with Gasteiger partial charge in [0, 0.05) is 13.7 Å². The molecule has 0 aromatic rings. The van der Waals surface area contributed by atoms with Crippen LogP contribution in [0.1, 0.15) is 6.92 Å². The van der Waals surface area contributed by atoms with Gasteiger partial charge in [-0.1, -0.05) is 0 Å². The van der Waals surface area contributed by atoms with Crippen LogP contribution in [0.3, 0.4) is 0 Å². The second-order valence-electron chi connectivity index (χ2n) is 2.14. The monoisotopic (exact) mass is 192 g/mol. The summed E-state index contributed by atoms with van der Waals surface area (Å²) >= 11 is 0. The fourth-order valence-corrected chi connectivity index (χ4v) is 0.578. The van der Waals surface area contributed by atoms with Gasteiger partial charge in [-0.25, -0.2) is 4.79 Å². The Morgan fingerprint density at radius 2 is 1.69 bits per heavy atom. The Labute approximate surface area is 77.9 Å². The van der Waals surface area contributed by atoms with Crippen molar-refractivity contribution in [3.63, 3.8) is 0 Å². The first kappa shape index (κ1) is 12.2. The van der Waals surface area contributed by atoms with E-state index >= 15 is 0 Å². The number of carbonyl (C=O) groups excluding carboxylic acids is 1. The summed E-state index contributed by atoms with van der Waals surface area (Å²) in [6.07, 6.45) is -0.684. The van der Waals surface area contributed by atoms with Gasteiger partial charge in [0.25, 0.3) is 0 Å². The molecule has 78 valence electrons. The maximum Gasteiger partial charge on any atom is 0.508 e. The van der Waals surface area contributed by atoms with Gasteiger partial charge in [-0.2, -0.15) is 0 Å². The summed E-state index contributed by atoms with van der Waals surface area (Å²) in [6, 6.07) is 0. The molecular weight excluding hydrogens is 176 g/mol. The minimum Gasteiger partial charge on any atom is -0.432 e. The fourth-order valence-electron chi connectivity index (χ4n) is 0.578. The Morgan fingerprint density at radius 3 is 2.23 bits per heavy atom. The Balaban J connectivity index is 3.11. The van der Waals surface area contributed by atoms with Crippen LogP contribution in [-0.2, 0) is 18.9 Å². The molecule has 0 aromatic heterocycles. The van der Waals surface area contributed by atoms with Crippen LogP contribution in [0.15, 0.2) is 0 Å². The lowest BCUT2D eigenvalue weighted by molar-refractivity contribution is 0.0181. The van der Waals surface area contributed by atoms with Gasteiger partial charge in [0.1, 0.15) is 13.2 Å². The van der Waals surface area contributed by atoms with Gasteiger partial charge in [-0.05, 0) is 6.92 Å². The number of carbonyl (C=O) groups is 1. The lowest BCUT2D eigenvalue weighted by atomic mass is 10.7. The first-order valence-corrected chi connectivity index (χ1v) is 4.17. The zero-order valence-electron chi connectivity index (χ0n) is 8.08. The first-order chi connectivity index (χ1) is 6.31. The average Bonchev–Trinajstić information content (AvgIpc) is 2.13. The molecule has 0 unspecified atom stereocenters. The summed E-state index contributed by atoms with van der Waals surface area (Å²) < 4.78 is 18.9. The number of methoxy groups -OCH3 is 1. The van der Waals surface area contributed by atoms with Crippen molar-refractivity contribution >= 4 is 6.16 Å². The normalized spacial score (nSPS) is 9.69. The standard InChI is InChI=1S/C8H16O5/c1-3-11-5-7-13-8(9)12-6-4-10-2/h3-7H2,1-2H3. The fraction of sp³-hybridized carbons (Fsp3) is 0.875. The molecule has 0 saturated carbocycles. The van der Waals surface area contributed by atoms with E-state index in [1.54, 1.807) is 0 Å². The molecule has 0 atom stereocenters. The maximum atomic E-state index is 10.7. The molecule has 0 radical (unpaired) electrons. The van der Waals surface area contributed by atoms with Crippen LogP contribution in [0, 0.1) is 0 Å². The number of ether oxygens (including phenoxy) is 4. The summed E-state index contributed by atoms with van der Waals surface area (Å²) in [5.74, 6) is 0. The van der Waals surface area contributed by atoms with E-state index < -0.39 is 6.16 Å².